The fraction of sp³-hybridized carbons (Fsp3) is 0.133. The number of nitrogens with two attached hydrogens (primary N) is 2. The normalized spacial score (nSPS) is 17.6. The van der Waals surface area contributed by atoms with Crippen molar-refractivity contribution in [2.24, 2.45) is 16.5 Å². The molecule has 5 heteroatoms. The minimum Gasteiger partial charge on any atom is -0.369 e. The Morgan fingerprint density at radius 1 is 1.20 bits per heavy atom. The molecule has 1 heterocycles. The molecule has 0 saturated carbocycles. The second-order valence-electron chi connectivity index (χ2n) is 4.78. The van der Waals surface area contributed by atoms with Crippen LogP contribution in [0.15, 0.2) is 51.9 Å². The van der Waals surface area contributed by atoms with E-state index < -0.39 is 0 Å². The van der Waals surface area contributed by atoms with E-state index in [9.17, 15) is 0 Å². The van der Waals surface area contributed by atoms with Crippen LogP contribution in [0.4, 0.5) is 5.69 Å². The summed E-state index contributed by atoms with van der Waals surface area (Å²) >= 11 is 3.57. The highest BCUT2D eigenvalue weighted by Crippen LogP contribution is 2.36. The van der Waals surface area contributed by atoms with Gasteiger partial charge in [-0.15, -0.1) is 0 Å². The fourth-order valence-corrected chi connectivity index (χ4v) is 2.82. The van der Waals surface area contributed by atoms with Crippen LogP contribution in [0.2, 0.25) is 0 Å². The molecule has 102 valence electrons. The number of rotatable bonds is 1. The van der Waals surface area contributed by atoms with E-state index in [0.29, 0.717) is 5.96 Å². The summed E-state index contributed by atoms with van der Waals surface area (Å²) in [6.45, 7) is 0. The fourth-order valence-electron chi connectivity index (χ4n) is 2.31. The van der Waals surface area contributed by atoms with E-state index in [1.165, 1.54) is 0 Å². The molecule has 3 rings (SSSR count). The second-order valence-corrected chi connectivity index (χ2v) is 5.63. The summed E-state index contributed by atoms with van der Waals surface area (Å²) in [6.07, 6.45) is -0.254. The van der Waals surface area contributed by atoms with Crippen molar-refractivity contribution in [1.29, 1.82) is 0 Å². The molecule has 1 aliphatic rings. The maximum Gasteiger partial charge on any atom is 0.197 e. The molecule has 0 amide bonds. The number of hydrogen-bond donors (Lipinski definition) is 2. The zero-order valence-electron chi connectivity index (χ0n) is 11.0. The largest absolute Gasteiger partial charge is 0.369 e. The van der Waals surface area contributed by atoms with Crippen LogP contribution >= 0.6 is 15.9 Å². The lowest BCUT2D eigenvalue weighted by molar-refractivity contribution is 0.375. The number of benzene rings is 2. The van der Waals surface area contributed by atoms with Gasteiger partial charge in [-0.1, -0.05) is 46.3 Å². The molecule has 0 fully saturated rings. The van der Waals surface area contributed by atoms with Crippen molar-refractivity contribution in [3.8, 4) is 11.1 Å². The predicted molar refractivity (Wildman–Crippen MR) is 85.6 cm³/mol. The monoisotopic (exact) mass is 330 g/mol. The highest BCUT2D eigenvalue weighted by molar-refractivity contribution is 9.10. The maximum atomic E-state index is 6.15. The Bertz CT molecular complexity index is 696. The average Bonchev–Trinajstić information content (AvgIpc) is 2.45. The van der Waals surface area contributed by atoms with Gasteiger partial charge in [0.25, 0.3) is 0 Å². The average molecular weight is 331 g/mol. The van der Waals surface area contributed by atoms with Crippen molar-refractivity contribution in [3.05, 3.63) is 52.5 Å². The third-order valence-corrected chi connectivity index (χ3v) is 4.24. The summed E-state index contributed by atoms with van der Waals surface area (Å²) in [5.41, 5.74) is 16.1. The van der Waals surface area contributed by atoms with Gasteiger partial charge in [0, 0.05) is 17.1 Å². The van der Waals surface area contributed by atoms with Gasteiger partial charge in [-0.2, -0.15) is 0 Å². The van der Waals surface area contributed by atoms with Gasteiger partial charge in [-0.05, 0) is 23.3 Å². The van der Waals surface area contributed by atoms with E-state index in [4.69, 9.17) is 11.5 Å². The summed E-state index contributed by atoms with van der Waals surface area (Å²) in [7, 11) is 1.84. The van der Waals surface area contributed by atoms with Gasteiger partial charge in [0.2, 0.25) is 0 Å². The molecule has 2 aromatic rings. The van der Waals surface area contributed by atoms with Gasteiger partial charge in [-0.25, -0.2) is 4.99 Å². The zero-order valence-corrected chi connectivity index (χ0v) is 12.6. The van der Waals surface area contributed by atoms with Crippen LogP contribution in [-0.2, 0) is 0 Å². The van der Waals surface area contributed by atoms with Gasteiger partial charge < -0.3 is 16.4 Å². The third-order valence-electron chi connectivity index (χ3n) is 3.55. The lowest BCUT2D eigenvalue weighted by Crippen LogP contribution is -2.42. The van der Waals surface area contributed by atoms with Gasteiger partial charge in [0.1, 0.15) is 6.17 Å². The van der Waals surface area contributed by atoms with E-state index in [-0.39, 0.29) is 6.17 Å². The molecule has 1 atom stereocenters. The number of hydrogen-bond acceptors (Lipinski definition) is 4. The zero-order chi connectivity index (χ0) is 14.3. The Labute approximate surface area is 126 Å². The van der Waals surface area contributed by atoms with Crippen molar-refractivity contribution in [3.63, 3.8) is 0 Å². The van der Waals surface area contributed by atoms with Gasteiger partial charge in [-0.3, -0.25) is 0 Å². The Morgan fingerprint density at radius 3 is 2.70 bits per heavy atom. The highest BCUT2D eigenvalue weighted by Gasteiger charge is 2.22. The first-order valence-corrected chi connectivity index (χ1v) is 7.08. The van der Waals surface area contributed by atoms with E-state index in [1.807, 2.05) is 37.4 Å². The molecule has 0 bridgehead atoms. The van der Waals surface area contributed by atoms with Crippen LogP contribution in [-0.4, -0.2) is 17.9 Å². The van der Waals surface area contributed by atoms with E-state index in [0.717, 1.165) is 26.9 Å². The first-order chi connectivity index (χ1) is 9.58. The number of guanidine groups is 1. The molecular formula is C15H15BrN4. The Balaban J connectivity index is 2.13. The Hall–Kier alpha value is -1.85. The third kappa shape index (κ3) is 2.09. The van der Waals surface area contributed by atoms with Crippen molar-refractivity contribution < 1.29 is 0 Å². The number of aliphatic imine (C=N–C) groups is 1. The van der Waals surface area contributed by atoms with Crippen molar-refractivity contribution >= 4 is 27.6 Å². The molecule has 0 aromatic heterocycles. The Kier molecular flexibility index (Phi) is 3.23. The topological polar surface area (TPSA) is 67.6 Å². The van der Waals surface area contributed by atoms with E-state index >= 15 is 0 Å². The molecule has 20 heavy (non-hydrogen) atoms. The minimum atomic E-state index is -0.254. The van der Waals surface area contributed by atoms with E-state index in [1.54, 1.807) is 4.90 Å². The summed E-state index contributed by atoms with van der Waals surface area (Å²) in [6, 6.07) is 14.2. The first kappa shape index (κ1) is 13.1. The molecule has 1 unspecified atom stereocenters. The lowest BCUT2D eigenvalue weighted by Gasteiger charge is -2.30. The molecule has 0 aliphatic carbocycles. The van der Waals surface area contributed by atoms with Crippen LogP contribution in [0, 0.1) is 0 Å². The summed E-state index contributed by atoms with van der Waals surface area (Å²) in [4.78, 5) is 6.18. The first-order valence-electron chi connectivity index (χ1n) is 6.29. The lowest BCUT2D eigenvalue weighted by atomic mass is 10.0. The van der Waals surface area contributed by atoms with Crippen molar-refractivity contribution in [1.82, 2.24) is 4.90 Å². The number of nitrogens with zero attached hydrogens (tertiary/aromatic N) is 2. The number of fused-ring (bicyclic) bond motifs is 1. The minimum absolute atomic E-state index is 0.254. The van der Waals surface area contributed by atoms with Crippen molar-refractivity contribution in [2.45, 2.75) is 6.17 Å². The Morgan fingerprint density at radius 2 is 1.95 bits per heavy atom. The molecule has 1 aliphatic heterocycles. The van der Waals surface area contributed by atoms with Gasteiger partial charge >= 0.3 is 0 Å². The SMILES string of the molecule is CN1C(N)=Nc2cc(-c3ccccc3Br)ccc2C1N. The van der Waals surface area contributed by atoms with Crippen molar-refractivity contribution in [2.75, 3.05) is 7.05 Å². The van der Waals surface area contributed by atoms with Gasteiger partial charge in [0.15, 0.2) is 5.96 Å². The van der Waals surface area contributed by atoms with Crippen LogP contribution in [0.25, 0.3) is 11.1 Å². The molecule has 0 saturated heterocycles. The molecule has 0 spiro atoms. The second kappa shape index (κ2) is 4.92. The van der Waals surface area contributed by atoms with Crippen LogP contribution in [0.1, 0.15) is 11.7 Å². The summed E-state index contributed by atoms with van der Waals surface area (Å²) < 4.78 is 1.05. The van der Waals surface area contributed by atoms with Crippen LogP contribution in [0.3, 0.4) is 0 Å². The predicted octanol–water partition coefficient (Wildman–Crippen LogP) is 2.97. The van der Waals surface area contributed by atoms with Gasteiger partial charge in [0.05, 0.1) is 5.69 Å². The van der Waals surface area contributed by atoms with Crippen LogP contribution in [0.5, 0.6) is 0 Å². The molecule has 4 nitrogen and oxygen atoms in total. The van der Waals surface area contributed by atoms with E-state index in [2.05, 4.69) is 33.1 Å². The summed E-state index contributed by atoms with van der Waals surface area (Å²) in [5.74, 6) is 0.439. The molecule has 2 aromatic carbocycles. The highest BCUT2D eigenvalue weighted by atomic mass is 79.9. The summed E-state index contributed by atoms with van der Waals surface area (Å²) in [5, 5.41) is 0. The smallest absolute Gasteiger partial charge is 0.197 e. The quantitative estimate of drug-likeness (QED) is 0.844. The molecular weight excluding hydrogens is 316 g/mol. The molecule has 0 radical (unpaired) electrons. The molecule has 4 N–H and O–H groups in total. The maximum absolute atomic E-state index is 6.15. The number of halogens is 1. The standard InChI is InChI=1S/C15H15BrN4/c1-20-14(17)11-7-6-9(8-13(11)19-15(20)18)10-4-2-3-5-12(10)16/h2-8,14H,17H2,1H3,(H2,18,19). The van der Waals surface area contributed by atoms with Crippen LogP contribution < -0.4 is 11.5 Å².